The Hall–Kier alpha value is -2.65. The summed E-state index contributed by atoms with van der Waals surface area (Å²) in [6.45, 7) is 1.31. The van der Waals surface area contributed by atoms with Gasteiger partial charge in [0.15, 0.2) is 6.61 Å². The van der Waals surface area contributed by atoms with Gasteiger partial charge in [-0.15, -0.1) is 0 Å². The van der Waals surface area contributed by atoms with E-state index >= 15 is 0 Å². The predicted molar refractivity (Wildman–Crippen MR) is 99.7 cm³/mol. The second kappa shape index (κ2) is 8.15. The third-order valence-corrected chi connectivity index (χ3v) is 5.42. The fourth-order valence-corrected chi connectivity index (χ4v) is 3.78. The van der Waals surface area contributed by atoms with Gasteiger partial charge in [0.05, 0.1) is 38.7 Å². The lowest BCUT2D eigenvalue weighted by molar-refractivity contribution is -0.119. The van der Waals surface area contributed by atoms with Crippen molar-refractivity contribution >= 4 is 51.1 Å². The number of hydrogen-bond donors (Lipinski definition) is 1. The summed E-state index contributed by atoms with van der Waals surface area (Å²) in [5.74, 6) is -0.796. The molecule has 1 heterocycles. The van der Waals surface area contributed by atoms with Crippen LogP contribution >= 0.6 is 11.7 Å². The second-order valence-electron chi connectivity index (χ2n) is 5.19. The Morgan fingerprint density at radius 2 is 1.96 bits per heavy atom. The molecular weight excluding hydrogens is 374 g/mol. The summed E-state index contributed by atoms with van der Waals surface area (Å²) in [5.41, 5.74) is 1.97. The van der Waals surface area contributed by atoms with Crippen molar-refractivity contribution in [1.82, 2.24) is 8.75 Å². The molecule has 0 spiro atoms. The van der Waals surface area contributed by atoms with E-state index in [1.54, 1.807) is 43.3 Å². The van der Waals surface area contributed by atoms with Gasteiger partial charge in [-0.1, -0.05) is 25.1 Å². The van der Waals surface area contributed by atoms with Crippen LogP contribution in [0.4, 0.5) is 5.69 Å². The van der Waals surface area contributed by atoms with E-state index < -0.39 is 29.3 Å². The Morgan fingerprint density at radius 3 is 2.77 bits per heavy atom. The summed E-state index contributed by atoms with van der Waals surface area (Å²) in [7, 11) is -1.29. The highest BCUT2D eigenvalue weighted by Gasteiger charge is 2.17. The van der Waals surface area contributed by atoms with Gasteiger partial charge in [-0.2, -0.15) is 8.75 Å². The topological polar surface area (TPSA) is 98.2 Å². The van der Waals surface area contributed by atoms with E-state index in [-0.39, 0.29) is 5.56 Å². The number of esters is 1. The van der Waals surface area contributed by atoms with Gasteiger partial charge >= 0.3 is 5.97 Å². The van der Waals surface area contributed by atoms with Crippen LogP contribution in [0.2, 0.25) is 0 Å². The maximum Gasteiger partial charge on any atom is 0.339 e. The van der Waals surface area contributed by atoms with Crippen LogP contribution in [0.3, 0.4) is 0 Å². The van der Waals surface area contributed by atoms with Crippen LogP contribution < -0.4 is 5.32 Å². The van der Waals surface area contributed by atoms with Crippen molar-refractivity contribution in [3.05, 3.63) is 48.0 Å². The van der Waals surface area contributed by atoms with Gasteiger partial charge in [0.1, 0.15) is 11.0 Å². The van der Waals surface area contributed by atoms with Crippen LogP contribution in [0.15, 0.2) is 47.4 Å². The van der Waals surface area contributed by atoms with E-state index in [2.05, 4.69) is 14.1 Å². The van der Waals surface area contributed by atoms with Crippen LogP contribution in [0.25, 0.3) is 11.0 Å². The van der Waals surface area contributed by atoms with Crippen molar-refractivity contribution in [2.75, 3.05) is 17.7 Å². The Balaban J connectivity index is 1.66. The minimum absolute atomic E-state index is 0.200. The van der Waals surface area contributed by atoms with Crippen LogP contribution in [-0.2, 0) is 20.3 Å². The van der Waals surface area contributed by atoms with Gasteiger partial charge in [-0.25, -0.2) is 4.79 Å². The lowest BCUT2D eigenvalue weighted by Crippen LogP contribution is -2.21. The first kappa shape index (κ1) is 18.2. The first-order valence-electron chi connectivity index (χ1n) is 7.75. The highest BCUT2D eigenvalue weighted by molar-refractivity contribution is 7.85. The lowest BCUT2D eigenvalue weighted by atomic mass is 10.2. The van der Waals surface area contributed by atoms with Gasteiger partial charge in [-0.05, 0) is 24.3 Å². The summed E-state index contributed by atoms with van der Waals surface area (Å²) in [5, 5.41) is 2.65. The quantitative estimate of drug-likeness (QED) is 0.651. The van der Waals surface area contributed by atoms with Gasteiger partial charge in [-0.3, -0.25) is 9.00 Å². The highest BCUT2D eigenvalue weighted by atomic mass is 32.2. The standard InChI is InChI=1S/C17H15N3O4S2/c1-2-26(23)14-9-4-3-6-11(14)17(22)24-10-15(21)18-12-7-5-8-13-16(12)20-25-19-13/h3-9H,2,10H2,1H3,(H,18,21)/t26-/m0/s1. The summed E-state index contributed by atoms with van der Waals surface area (Å²) < 4.78 is 25.3. The Labute approximate surface area is 156 Å². The number of aromatic nitrogens is 2. The first-order valence-corrected chi connectivity index (χ1v) is 9.80. The molecule has 3 aromatic rings. The Kier molecular flexibility index (Phi) is 5.69. The molecule has 0 bridgehead atoms. The van der Waals surface area contributed by atoms with Crippen molar-refractivity contribution < 1.29 is 18.5 Å². The molecule has 2 aromatic carbocycles. The summed E-state index contributed by atoms with van der Waals surface area (Å²) in [6.07, 6.45) is 0. The molecule has 0 aliphatic rings. The smallest absolute Gasteiger partial charge is 0.339 e. The summed E-state index contributed by atoms with van der Waals surface area (Å²) in [4.78, 5) is 24.8. The molecule has 0 saturated heterocycles. The Morgan fingerprint density at radius 1 is 1.15 bits per heavy atom. The molecule has 1 N–H and O–H groups in total. The third kappa shape index (κ3) is 3.94. The molecule has 3 rings (SSSR count). The predicted octanol–water partition coefficient (Wildman–Crippen LogP) is 2.61. The van der Waals surface area contributed by atoms with Crippen LogP contribution in [-0.4, -0.2) is 37.2 Å². The third-order valence-electron chi connectivity index (χ3n) is 3.51. The maximum absolute atomic E-state index is 12.3. The average molecular weight is 389 g/mol. The van der Waals surface area contributed by atoms with Gasteiger partial charge in [0.2, 0.25) is 0 Å². The van der Waals surface area contributed by atoms with Crippen molar-refractivity contribution in [1.29, 1.82) is 0 Å². The summed E-state index contributed by atoms with van der Waals surface area (Å²) in [6, 6.07) is 11.7. The SMILES string of the molecule is CC[S@](=O)c1ccccc1C(=O)OCC(=O)Nc1cccc2nsnc12. The molecule has 0 unspecified atom stereocenters. The average Bonchev–Trinajstić information content (AvgIpc) is 3.15. The molecule has 1 amide bonds. The van der Waals surface area contributed by atoms with E-state index in [1.807, 2.05) is 0 Å². The fourth-order valence-electron chi connectivity index (χ4n) is 2.29. The minimum Gasteiger partial charge on any atom is -0.452 e. The monoisotopic (exact) mass is 389 g/mol. The first-order chi connectivity index (χ1) is 12.6. The number of amides is 1. The number of rotatable bonds is 6. The molecule has 26 heavy (non-hydrogen) atoms. The number of carbonyl (C=O) groups excluding carboxylic acids is 2. The van der Waals surface area contributed by atoms with E-state index in [9.17, 15) is 13.8 Å². The maximum atomic E-state index is 12.3. The molecule has 0 saturated carbocycles. The van der Waals surface area contributed by atoms with E-state index in [4.69, 9.17) is 4.74 Å². The molecule has 7 nitrogen and oxygen atoms in total. The number of ether oxygens (including phenoxy) is 1. The molecule has 0 radical (unpaired) electrons. The van der Waals surface area contributed by atoms with Crippen LogP contribution in [0, 0.1) is 0 Å². The normalized spacial score (nSPS) is 11.9. The molecule has 9 heteroatoms. The van der Waals surface area contributed by atoms with Crippen molar-refractivity contribution in [2.24, 2.45) is 0 Å². The number of nitrogens with zero attached hydrogens (tertiary/aromatic N) is 2. The molecule has 1 atom stereocenters. The van der Waals surface area contributed by atoms with E-state index in [1.165, 1.54) is 6.07 Å². The highest BCUT2D eigenvalue weighted by Crippen LogP contribution is 2.21. The van der Waals surface area contributed by atoms with Gasteiger partial charge in [0, 0.05) is 5.75 Å². The number of anilines is 1. The van der Waals surface area contributed by atoms with E-state index in [0.717, 1.165) is 11.7 Å². The number of fused-ring (bicyclic) bond motifs is 1. The second-order valence-corrected chi connectivity index (χ2v) is 7.43. The zero-order chi connectivity index (χ0) is 18.5. The van der Waals surface area contributed by atoms with Crippen molar-refractivity contribution in [2.45, 2.75) is 11.8 Å². The van der Waals surface area contributed by atoms with Gasteiger partial charge < -0.3 is 10.1 Å². The van der Waals surface area contributed by atoms with Crippen molar-refractivity contribution in [3.63, 3.8) is 0 Å². The number of hydrogen-bond acceptors (Lipinski definition) is 7. The van der Waals surface area contributed by atoms with E-state index in [0.29, 0.717) is 27.4 Å². The fraction of sp³-hybridized carbons (Fsp3) is 0.176. The molecule has 134 valence electrons. The number of carbonyl (C=O) groups is 2. The number of benzene rings is 2. The van der Waals surface area contributed by atoms with Gasteiger partial charge in [0.25, 0.3) is 5.91 Å². The molecular formula is C17H15N3O4S2. The number of nitrogens with one attached hydrogen (secondary N) is 1. The molecule has 0 aliphatic heterocycles. The Bertz CT molecular complexity index is 987. The molecule has 1 aromatic heterocycles. The van der Waals surface area contributed by atoms with Crippen LogP contribution in [0.1, 0.15) is 17.3 Å². The summed E-state index contributed by atoms with van der Waals surface area (Å²) >= 11 is 1.05. The zero-order valence-corrected chi connectivity index (χ0v) is 15.4. The lowest BCUT2D eigenvalue weighted by Gasteiger charge is -2.09. The van der Waals surface area contributed by atoms with Crippen molar-refractivity contribution in [3.8, 4) is 0 Å². The molecule has 0 fully saturated rings. The minimum atomic E-state index is -1.29. The molecule has 0 aliphatic carbocycles. The van der Waals surface area contributed by atoms with Crippen LogP contribution in [0.5, 0.6) is 0 Å². The largest absolute Gasteiger partial charge is 0.452 e. The zero-order valence-electron chi connectivity index (χ0n) is 13.8.